The van der Waals surface area contributed by atoms with E-state index < -0.39 is 19.9 Å². The van der Waals surface area contributed by atoms with Crippen molar-refractivity contribution in [3.8, 4) is 0 Å². The van der Waals surface area contributed by atoms with Gasteiger partial charge in [0, 0.05) is 20.0 Å². The second-order valence-corrected chi connectivity index (χ2v) is 12.3. The molecule has 0 amide bonds. The summed E-state index contributed by atoms with van der Waals surface area (Å²) in [6, 6.07) is 0. The van der Waals surface area contributed by atoms with Crippen LogP contribution in [-0.4, -0.2) is 75.6 Å². The van der Waals surface area contributed by atoms with E-state index in [-0.39, 0.29) is 13.2 Å². The first-order chi connectivity index (χ1) is 17.1. The molecule has 36 heavy (non-hydrogen) atoms. The topological polar surface area (TPSA) is 91.3 Å². The highest BCUT2D eigenvalue weighted by Gasteiger charge is 2.25. The van der Waals surface area contributed by atoms with Crippen molar-refractivity contribution in [3.63, 3.8) is 0 Å². The Morgan fingerprint density at radius 3 is 1.75 bits per heavy atom. The van der Waals surface area contributed by atoms with Crippen LogP contribution in [-0.2, 0) is 27.9 Å². The molecule has 0 aliphatic rings. The lowest BCUT2D eigenvalue weighted by atomic mass is 10.0. The molecule has 0 saturated heterocycles. The number of phosphoric acid groups is 1. The molecule has 0 aliphatic heterocycles. The third-order valence-corrected chi connectivity index (χ3v) is 6.98. The van der Waals surface area contributed by atoms with Crippen LogP contribution in [0.5, 0.6) is 0 Å². The maximum atomic E-state index is 12.1. The molecule has 0 heterocycles. The van der Waals surface area contributed by atoms with Crippen molar-refractivity contribution in [1.29, 1.82) is 0 Å². The fourth-order valence-electron chi connectivity index (χ4n) is 3.77. The van der Waals surface area contributed by atoms with E-state index in [1.54, 1.807) is 0 Å². The predicted octanol–water partition coefficient (Wildman–Crippen LogP) is 6.65. The number of quaternary nitrogens is 1. The maximum absolute atomic E-state index is 12.1. The molecule has 2 unspecified atom stereocenters. The molecule has 1 N–H and O–H groups in total. The Bertz CT molecular complexity index is 569. The second kappa shape index (κ2) is 22.5. The number of hydrogen-bond acceptors (Lipinski definition) is 6. The lowest BCUT2D eigenvalue weighted by Gasteiger charge is -2.24. The fraction of sp³-hybridized carbons (Fsp3) is 0.963. The van der Waals surface area contributed by atoms with Gasteiger partial charge in [-0.1, -0.05) is 90.4 Å². The van der Waals surface area contributed by atoms with Gasteiger partial charge in [-0.3, -0.25) is 13.8 Å². The van der Waals surface area contributed by atoms with Crippen LogP contribution in [0.1, 0.15) is 110 Å². The number of unbranched alkanes of at least 4 members (excludes halogenated alkanes) is 13. The van der Waals surface area contributed by atoms with Gasteiger partial charge in [-0.2, -0.15) is 0 Å². The van der Waals surface area contributed by atoms with E-state index in [9.17, 15) is 14.3 Å². The molecule has 9 heteroatoms. The number of nitrogens with zero attached hydrogens (tertiary/aromatic N) is 1. The van der Waals surface area contributed by atoms with Crippen molar-refractivity contribution >= 4 is 13.8 Å². The molecule has 0 rings (SSSR count). The molecule has 0 aromatic carbocycles. The Kier molecular flexibility index (Phi) is 22.2. The number of hydrogen-bond donors (Lipinski definition) is 1. The normalized spacial score (nSPS) is 14.5. The van der Waals surface area contributed by atoms with Gasteiger partial charge in [0.2, 0.25) is 0 Å². The molecule has 0 aromatic heterocycles. The largest absolute Gasteiger partial charge is 0.472 e. The number of likely N-dealkylation sites (N-methyl/N-ethyl adjacent to an activating group) is 1. The molecule has 0 aliphatic carbocycles. The number of carbonyl (C=O) groups is 1. The third kappa shape index (κ3) is 26.6. The lowest BCUT2D eigenvalue weighted by Crippen LogP contribution is -2.37. The molecule has 0 fully saturated rings. The smallest absolute Gasteiger partial charge is 0.460 e. The van der Waals surface area contributed by atoms with E-state index >= 15 is 0 Å². The number of rotatable bonds is 26. The van der Waals surface area contributed by atoms with E-state index in [1.165, 1.54) is 84.0 Å². The monoisotopic (exact) mass is 538 g/mol. The summed E-state index contributed by atoms with van der Waals surface area (Å²) >= 11 is 0. The minimum absolute atomic E-state index is 0.0951. The highest BCUT2D eigenvalue weighted by atomic mass is 31.2. The third-order valence-electron chi connectivity index (χ3n) is 6.00. The number of esters is 1. The Balaban J connectivity index is 3.74. The average molecular weight is 539 g/mol. The van der Waals surface area contributed by atoms with Crippen LogP contribution < -0.4 is 0 Å². The summed E-state index contributed by atoms with van der Waals surface area (Å²) < 4.78 is 33.6. The summed E-state index contributed by atoms with van der Waals surface area (Å²) in [5.74, 6) is -0.464. The molecule has 0 bridgehead atoms. The quantitative estimate of drug-likeness (QED) is 0.0571. The van der Waals surface area contributed by atoms with E-state index in [0.29, 0.717) is 30.7 Å². The predicted molar refractivity (Wildman–Crippen MR) is 146 cm³/mol. The van der Waals surface area contributed by atoms with Gasteiger partial charge >= 0.3 is 13.8 Å². The standard InChI is InChI=1S/C27H56NO7P/c1-6-7-8-9-10-11-12-13-14-15-16-17-18-19-22-32-23-20-27(35-26(2)29)25-34-36(30,31)33-24-21-28(3,4)5/h27H,6-25H2,1-5H3/p+1. The molecule has 0 radical (unpaired) electrons. The van der Waals surface area contributed by atoms with Crippen LogP contribution in [0.2, 0.25) is 0 Å². The summed E-state index contributed by atoms with van der Waals surface area (Å²) in [4.78, 5) is 21.2. The van der Waals surface area contributed by atoms with Crippen molar-refractivity contribution in [2.75, 3.05) is 54.1 Å². The fourth-order valence-corrected chi connectivity index (χ4v) is 4.51. The summed E-state index contributed by atoms with van der Waals surface area (Å²) in [5.41, 5.74) is 0. The highest BCUT2D eigenvalue weighted by molar-refractivity contribution is 7.47. The van der Waals surface area contributed by atoms with Gasteiger partial charge in [0.05, 0.1) is 34.4 Å². The summed E-state index contributed by atoms with van der Waals surface area (Å²) in [5, 5.41) is 0. The zero-order chi connectivity index (χ0) is 27.1. The molecular weight excluding hydrogens is 481 g/mol. The SMILES string of the molecule is CCCCCCCCCCCCCCCCOCCC(COP(=O)(O)OCC[N+](C)(C)C)OC(C)=O. The van der Waals surface area contributed by atoms with E-state index in [2.05, 4.69) is 6.92 Å². The summed E-state index contributed by atoms with van der Waals surface area (Å²) in [6.07, 6.45) is 18.2. The van der Waals surface area contributed by atoms with Crippen molar-refractivity contribution in [1.82, 2.24) is 0 Å². The van der Waals surface area contributed by atoms with Gasteiger partial charge in [-0.05, 0) is 6.42 Å². The van der Waals surface area contributed by atoms with Crippen LogP contribution >= 0.6 is 7.82 Å². The minimum Gasteiger partial charge on any atom is -0.460 e. The lowest BCUT2D eigenvalue weighted by molar-refractivity contribution is -0.870. The number of ether oxygens (including phenoxy) is 2. The van der Waals surface area contributed by atoms with Gasteiger partial charge < -0.3 is 18.9 Å². The van der Waals surface area contributed by atoms with Crippen molar-refractivity contribution < 1.29 is 37.3 Å². The van der Waals surface area contributed by atoms with E-state index in [1.807, 2.05) is 21.1 Å². The van der Waals surface area contributed by atoms with Crippen molar-refractivity contribution in [2.24, 2.45) is 0 Å². The first-order valence-corrected chi connectivity index (χ1v) is 15.7. The summed E-state index contributed by atoms with van der Waals surface area (Å²) in [7, 11) is 1.69. The Labute approximate surface area is 221 Å². The van der Waals surface area contributed by atoms with Gasteiger partial charge in [-0.25, -0.2) is 4.57 Å². The van der Waals surface area contributed by atoms with Crippen LogP contribution in [0.25, 0.3) is 0 Å². The van der Waals surface area contributed by atoms with Gasteiger partial charge in [0.25, 0.3) is 0 Å². The van der Waals surface area contributed by atoms with Crippen molar-refractivity contribution in [2.45, 2.75) is 116 Å². The summed E-state index contributed by atoms with van der Waals surface area (Å²) in [6.45, 7) is 5.08. The molecule has 216 valence electrons. The molecule has 0 spiro atoms. The number of phosphoric ester groups is 1. The van der Waals surface area contributed by atoms with Crippen LogP contribution in [0.15, 0.2) is 0 Å². The van der Waals surface area contributed by atoms with E-state index in [0.717, 1.165) is 12.8 Å². The molecular formula is C27H57NO7P+. The van der Waals surface area contributed by atoms with Crippen LogP contribution in [0.4, 0.5) is 0 Å². The molecule has 2 atom stereocenters. The Hall–Kier alpha value is -0.500. The molecule has 8 nitrogen and oxygen atoms in total. The number of carbonyl (C=O) groups excluding carboxylic acids is 1. The minimum atomic E-state index is -4.20. The zero-order valence-electron chi connectivity index (χ0n) is 24.0. The first-order valence-electron chi connectivity index (χ1n) is 14.2. The maximum Gasteiger partial charge on any atom is 0.472 e. The van der Waals surface area contributed by atoms with Gasteiger partial charge in [0.1, 0.15) is 19.3 Å². The van der Waals surface area contributed by atoms with Gasteiger partial charge in [0.15, 0.2) is 0 Å². The van der Waals surface area contributed by atoms with Crippen LogP contribution in [0, 0.1) is 0 Å². The van der Waals surface area contributed by atoms with E-state index in [4.69, 9.17) is 18.5 Å². The Morgan fingerprint density at radius 1 is 0.778 bits per heavy atom. The second-order valence-electron chi connectivity index (χ2n) is 10.8. The van der Waals surface area contributed by atoms with Gasteiger partial charge in [-0.15, -0.1) is 0 Å². The zero-order valence-corrected chi connectivity index (χ0v) is 24.9. The Morgan fingerprint density at radius 2 is 1.28 bits per heavy atom. The first kappa shape index (κ1) is 35.5. The van der Waals surface area contributed by atoms with Crippen molar-refractivity contribution in [3.05, 3.63) is 0 Å². The van der Waals surface area contributed by atoms with Crippen LogP contribution in [0.3, 0.4) is 0 Å². The average Bonchev–Trinajstić information content (AvgIpc) is 2.78. The molecule has 0 saturated carbocycles. The molecule has 0 aromatic rings. The highest BCUT2D eigenvalue weighted by Crippen LogP contribution is 2.43.